The molecular formula is C27H42O4. The number of aliphatic hydroxyl groups excluding tert-OH is 1. The number of aliphatic hydroxyl groups is 2. The van der Waals surface area contributed by atoms with Gasteiger partial charge in [0.05, 0.1) is 0 Å². The molecule has 2 N–H and O–H groups in total. The molecule has 0 heterocycles. The Kier molecular flexibility index (Phi) is 5.83. The number of allylic oxidation sites excluding steroid dienone is 2. The Hall–Kier alpha value is -1.00. The van der Waals surface area contributed by atoms with E-state index >= 15 is 0 Å². The molecule has 3 saturated carbocycles. The molecule has 0 unspecified atom stereocenters. The molecule has 0 saturated heterocycles. The van der Waals surface area contributed by atoms with Crippen molar-refractivity contribution in [2.45, 2.75) is 97.7 Å². The predicted molar refractivity (Wildman–Crippen MR) is 121 cm³/mol. The van der Waals surface area contributed by atoms with E-state index in [9.17, 15) is 19.8 Å². The number of carbonyl (C=O) groups excluding carboxylic acids is 2. The fraction of sp³-hybridized carbons (Fsp3) is 0.852. The van der Waals surface area contributed by atoms with Crippen molar-refractivity contribution in [3.8, 4) is 0 Å². The molecule has 0 radical (unpaired) electrons. The van der Waals surface area contributed by atoms with E-state index in [2.05, 4.69) is 19.9 Å². The van der Waals surface area contributed by atoms with E-state index < -0.39 is 11.7 Å². The van der Waals surface area contributed by atoms with Crippen LogP contribution in [0.5, 0.6) is 0 Å². The van der Waals surface area contributed by atoms with Crippen molar-refractivity contribution < 1.29 is 19.8 Å². The van der Waals surface area contributed by atoms with Crippen LogP contribution >= 0.6 is 0 Å². The first-order valence-corrected chi connectivity index (χ1v) is 12.6. The van der Waals surface area contributed by atoms with Crippen LogP contribution < -0.4 is 0 Å². The number of hydrogen-bond donors (Lipinski definition) is 2. The van der Waals surface area contributed by atoms with Crippen molar-refractivity contribution in [2.24, 2.45) is 46.3 Å². The van der Waals surface area contributed by atoms with Crippen molar-refractivity contribution >= 4 is 11.6 Å². The van der Waals surface area contributed by atoms with Gasteiger partial charge < -0.3 is 10.2 Å². The average molecular weight is 431 g/mol. The Balaban J connectivity index is 1.58. The van der Waals surface area contributed by atoms with Gasteiger partial charge in [-0.3, -0.25) is 9.59 Å². The number of hydrogen-bond acceptors (Lipinski definition) is 4. The van der Waals surface area contributed by atoms with E-state index in [1.54, 1.807) is 6.92 Å². The maximum atomic E-state index is 13.1. The lowest BCUT2D eigenvalue weighted by molar-refractivity contribution is -0.162. The number of carbonyl (C=O) groups is 2. The molecule has 4 heteroatoms. The smallest absolute Gasteiger partial charge is 0.192 e. The lowest BCUT2D eigenvalue weighted by Gasteiger charge is -2.59. The zero-order valence-electron chi connectivity index (χ0n) is 20.1. The highest BCUT2D eigenvalue weighted by Gasteiger charge is 2.63. The van der Waals surface area contributed by atoms with Gasteiger partial charge in [-0.15, -0.1) is 0 Å². The molecule has 0 aromatic rings. The highest BCUT2D eigenvalue weighted by atomic mass is 16.3. The van der Waals surface area contributed by atoms with E-state index in [1.807, 2.05) is 19.9 Å². The van der Waals surface area contributed by atoms with Gasteiger partial charge in [-0.25, -0.2) is 0 Å². The second-order valence-electron chi connectivity index (χ2n) is 12.4. The summed E-state index contributed by atoms with van der Waals surface area (Å²) in [5.74, 6) is 2.13. The summed E-state index contributed by atoms with van der Waals surface area (Å²) in [4.78, 5) is 25.1. The molecule has 0 bridgehead atoms. The van der Waals surface area contributed by atoms with E-state index in [0.717, 1.165) is 38.5 Å². The van der Waals surface area contributed by atoms with Crippen molar-refractivity contribution in [3.63, 3.8) is 0 Å². The minimum absolute atomic E-state index is 0.0741. The molecule has 4 rings (SSSR count). The normalized spacial score (nSPS) is 44.9. The monoisotopic (exact) mass is 430 g/mol. The predicted octanol–water partition coefficient (Wildman–Crippen LogP) is 4.72. The van der Waals surface area contributed by atoms with Crippen LogP contribution in [-0.2, 0) is 9.59 Å². The van der Waals surface area contributed by atoms with Crippen LogP contribution in [0.15, 0.2) is 12.2 Å². The summed E-state index contributed by atoms with van der Waals surface area (Å²) < 4.78 is 0. The molecule has 3 fully saturated rings. The summed E-state index contributed by atoms with van der Waals surface area (Å²) in [5, 5.41) is 22.0. The molecule has 9 atom stereocenters. The van der Waals surface area contributed by atoms with E-state index in [-0.39, 0.29) is 34.2 Å². The van der Waals surface area contributed by atoms with Crippen LogP contribution in [0.2, 0.25) is 0 Å². The summed E-state index contributed by atoms with van der Waals surface area (Å²) in [6.07, 6.45) is 10.3. The largest absolute Gasteiger partial charge is 0.385 e. The molecule has 0 aliphatic heterocycles. The first-order valence-electron chi connectivity index (χ1n) is 12.6. The average Bonchev–Trinajstić information content (AvgIpc) is 3.05. The van der Waals surface area contributed by atoms with Gasteiger partial charge in [-0.2, -0.15) is 0 Å². The lowest BCUT2D eigenvalue weighted by atomic mass is 9.45. The first kappa shape index (κ1) is 23.2. The SMILES string of the molecule is CC(C)C[C@H](O)C(=O)[C@](C)(O)[C@H]1CC[C@H]2[C@@H]3CC[C@H]4CC(=O)C=C[C@]4(C)[C@H]3CC[C@@]21C. The Morgan fingerprint density at radius 2 is 1.87 bits per heavy atom. The van der Waals surface area contributed by atoms with Gasteiger partial charge in [0.15, 0.2) is 11.6 Å². The van der Waals surface area contributed by atoms with Gasteiger partial charge in [0.2, 0.25) is 0 Å². The highest BCUT2D eigenvalue weighted by Crippen LogP contribution is 2.67. The van der Waals surface area contributed by atoms with Crippen LogP contribution in [0.25, 0.3) is 0 Å². The molecule has 174 valence electrons. The second kappa shape index (κ2) is 7.80. The van der Waals surface area contributed by atoms with Gasteiger partial charge >= 0.3 is 0 Å². The van der Waals surface area contributed by atoms with Crippen molar-refractivity contribution in [1.29, 1.82) is 0 Å². The van der Waals surface area contributed by atoms with Crippen molar-refractivity contribution in [2.75, 3.05) is 0 Å². The maximum Gasteiger partial charge on any atom is 0.192 e. The van der Waals surface area contributed by atoms with Crippen molar-refractivity contribution in [1.82, 2.24) is 0 Å². The van der Waals surface area contributed by atoms with Crippen LogP contribution in [0.1, 0.15) is 86.0 Å². The Bertz CT molecular complexity index is 767. The topological polar surface area (TPSA) is 74.6 Å². The summed E-state index contributed by atoms with van der Waals surface area (Å²) in [5.41, 5.74) is -1.46. The first-order chi connectivity index (χ1) is 14.4. The van der Waals surface area contributed by atoms with Crippen LogP contribution in [0, 0.1) is 46.3 Å². The Morgan fingerprint density at radius 1 is 1.16 bits per heavy atom. The molecular weight excluding hydrogens is 388 g/mol. The zero-order valence-corrected chi connectivity index (χ0v) is 20.1. The van der Waals surface area contributed by atoms with Gasteiger partial charge in [0.25, 0.3) is 0 Å². The molecule has 31 heavy (non-hydrogen) atoms. The third kappa shape index (κ3) is 3.57. The molecule has 0 aromatic carbocycles. The van der Waals surface area contributed by atoms with Crippen LogP contribution in [0.3, 0.4) is 0 Å². The fourth-order valence-corrected chi connectivity index (χ4v) is 8.62. The summed E-state index contributed by atoms with van der Waals surface area (Å²) in [6.45, 7) is 10.3. The molecule has 0 amide bonds. The molecule has 4 nitrogen and oxygen atoms in total. The van der Waals surface area contributed by atoms with Crippen molar-refractivity contribution in [3.05, 3.63) is 12.2 Å². The minimum Gasteiger partial charge on any atom is -0.385 e. The van der Waals surface area contributed by atoms with E-state index in [4.69, 9.17) is 0 Å². The van der Waals surface area contributed by atoms with Gasteiger partial charge in [0, 0.05) is 12.3 Å². The summed E-state index contributed by atoms with van der Waals surface area (Å²) in [6, 6.07) is 0. The Morgan fingerprint density at radius 3 is 2.55 bits per heavy atom. The van der Waals surface area contributed by atoms with Crippen LogP contribution in [-0.4, -0.2) is 33.5 Å². The van der Waals surface area contributed by atoms with Crippen LogP contribution in [0.4, 0.5) is 0 Å². The second-order valence-corrected chi connectivity index (χ2v) is 12.4. The lowest BCUT2D eigenvalue weighted by Crippen LogP contribution is -2.57. The third-order valence-electron chi connectivity index (χ3n) is 10.2. The maximum absolute atomic E-state index is 13.1. The number of rotatable bonds is 5. The highest BCUT2D eigenvalue weighted by molar-refractivity contribution is 5.91. The molecule has 4 aliphatic rings. The van der Waals surface area contributed by atoms with Gasteiger partial charge in [-0.1, -0.05) is 33.8 Å². The number of Topliss-reactive ketones (excluding diaryl/α,β-unsaturated/α-hetero) is 1. The molecule has 0 spiro atoms. The van der Waals surface area contributed by atoms with Gasteiger partial charge in [0.1, 0.15) is 11.7 Å². The van der Waals surface area contributed by atoms with E-state index in [0.29, 0.717) is 36.5 Å². The molecule has 4 aliphatic carbocycles. The Labute approximate surface area is 187 Å². The number of ketones is 2. The summed E-state index contributed by atoms with van der Waals surface area (Å²) in [7, 11) is 0. The van der Waals surface area contributed by atoms with E-state index in [1.165, 1.54) is 0 Å². The zero-order chi connectivity index (χ0) is 22.8. The summed E-state index contributed by atoms with van der Waals surface area (Å²) >= 11 is 0. The third-order valence-corrected chi connectivity index (χ3v) is 10.2. The molecule has 0 aromatic heterocycles. The quantitative estimate of drug-likeness (QED) is 0.662. The minimum atomic E-state index is -1.48. The fourth-order valence-electron chi connectivity index (χ4n) is 8.62. The number of fused-ring (bicyclic) bond motifs is 5. The van der Waals surface area contributed by atoms with Gasteiger partial charge in [-0.05, 0) is 98.4 Å². The standard InChI is InChI=1S/C27H42O4/c1-16(2)14-22(29)24(30)27(5,31)23-9-8-20-19-7-6-17-15-18(28)10-12-25(17,3)21(19)11-13-26(20,23)4/h10,12,16-17,19-23,29,31H,6-9,11,13-15H2,1-5H3/t17-,19-,20-,21-,22-,23-,25-,26-,27+/m0/s1.